The lowest BCUT2D eigenvalue weighted by molar-refractivity contribution is 0.104. The van der Waals surface area contributed by atoms with E-state index >= 15 is 0 Å². The highest BCUT2D eigenvalue weighted by Crippen LogP contribution is 2.31. The van der Waals surface area contributed by atoms with Crippen LogP contribution >= 0.6 is 11.3 Å². The van der Waals surface area contributed by atoms with Gasteiger partial charge in [-0.2, -0.15) is 5.10 Å². The number of anilines is 1. The Morgan fingerprint density at radius 3 is 2.89 bits per heavy atom. The van der Waals surface area contributed by atoms with Crippen LogP contribution in [0.4, 0.5) is 5.13 Å². The monoisotopic (exact) mass is 402 g/mol. The first-order valence-corrected chi connectivity index (χ1v) is 11.2. The van der Waals surface area contributed by atoms with Gasteiger partial charge in [-0.15, -0.1) is 0 Å². The fraction of sp³-hybridized carbons (Fsp3) is 0.278. The van der Waals surface area contributed by atoms with E-state index in [9.17, 15) is 13.2 Å². The highest BCUT2D eigenvalue weighted by atomic mass is 32.2. The molecule has 1 saturated heterocycles. The summed E-state index contributed by atoms with van der Waals surface area (Å²) < 4.78 is 25.4. The van der Waals surface area contributed by atoms with Gasteiger partial charge in [0.25, 0.3) is 0 Å². The van der Waals surface area contributed by atoms with Gasteiger partial charge in [0.15, 0.2) is 15.0 Å². The first-order chi connectivity index (χ1) is 12.9. The number of hydrogen-bond donors (Lipinski definition) is 0. The summed E-state index contributed by atoms with van der Waals surface area (Å²) in [6.07, 6.45) is 7.40. The Morgan fingerprint density at radius 2 is 2.15 bits per heavy atom. The van der Waals surface area contributed by atoms with Gasteiger partial charge in [-0.25, -0.2) is 13.4 Å². The molecule has 1 aliphatic rings. The lowest BCUT2D eigenvalue weighted by atomic mass is 10.1. The molecule has 3 heterocycles. The fourth-order valence-electron chi connectivity index (χ4n) is 3.15. The minimum Gasteiger partial charge on any atom is -0.346 e. The quantitative estimate of drug-likeness (QED) is 0.610. The summed E-state index contributed by atoms with van der Waals surface area (Å²) in [6, 6.07) is 8.33. The van der Waals surface area contributed by atoms with Crippen molar-refractivity contribution in [3.63, 3.8) is 0 Å². The molecule has 27 heavy (non-hydrogen) atoms. The summed E-state index contributed by atoms with van der Waals surface area (Å²) in [5.74, 6) is -0.216. The molecular weight excluding hydrogens is 384 g/mol. The zero-order valence-corrected chi connectivity index (χ0v) is 16.3. The number of rotatable bonds is 5. The molecule has 1 aromatic carbocycles. The van der Waals surface area contributed by atoms with E-state index in [0.29, 0.717) is 16.5 Å². The molecule has 1 fully saturated rings. The second kappa shape index (κ2) is 6.90. The minimum absolute atomic E-state index is 0.139. The predicted molar refractivity (Wildman–Crippen MR) is 103 cm³/mol. The zero-order chi connectivity index (χ0) is 19.0. The van der Waals surface area contributed by atoms with E-state index in [1.54, 1.807) is 24.5 Å². The Hall–Kier alpha value is -2.52. The standard InChI is InChI=1S/C18H18N4O3S2/c1-27(24,25)15-5-2-4-13(10-15)17(23)16-11-19-18(26-16)21-9-6-14(12-21)22-8-3-7-20-22/h2-5,7-8,10-11,14H,6,9,12H2,1H3. The molecule has 0 amide bonds. The Kier molecular flexibility index (Phi) is 4.56. The average Bonchev–Trinajstić information content (AvgIpc) is 3.40. The summed E-state index contributed by atoms with van der Waals surface area (Å²) in [6.45, 7) is 1.65. The van der Waals surface area contributed by atoms with Crippen LogP contribution in [0.25, 0.3) is 0 Å². The van der Waals surface area contributed by atoms with Crippen LogP contribution in [-0.4, -0.2) is 48.3 Å². The summed E-state index contributed by atoms with van der Waals surface area (Å²) in [4.78, 5) is 19.9. The van der Waals surface area contributed by atoms with Crippen LogP contribution in [0.5, 0.6) is 0 Å². The first-order valence-electron chi connectivity index (χ1n) is 8.46. The minimum atomic E-state index is -3.36. The van der Waals surface area contributed by atoms with Crippen LogP contribution in [0.2, 0.25) is 0 Å². The second-order valence-electron chi connectivity index (χ2n) is 6.51. The number of carbonyl (C=O) groups is 1. The summed E-state index contributed by atoms with van der Waals surface area (Å²) in [5, 5.41) is 5.10. The van der Waals surface area contributed by atoms with Crippen molar-refractivity contribution in [2.45, 2.75) is 17.4 Å². The average molecular weight is 403 g/mol. The van der Waals surface area contributed by atoms with Crippen LogP contribution in [0, 0.1) is 0 Å². The molecule has 7 nitrogen and oxygen atoms in total. The highest BCUT2D eigenvalue weighted by Gasteiger charge is 2.27. The van der Waals surface area contributed by atoms with Crippen LogP contribution in [-0.2, 0) is 9.84 Å². The van der Waals surface area contributed by atoms with Gasteiger partial charge in [0.2, 0.25) is 5.78 Å². The Morgan fingerprint density at radius 1 is 1.30 bits per heavy atom. The second-order valence-corrected chi connectivity index (χ2v) is 9.54. The topological polar surface area (TPSA) is 85.2 Å². The Balaban J connectivity index is 1.52. The first kappa shape index (κ1) is 17.9. The largest absolute Gasteiger partial charge is 0.346 e. The summed E-state index contributed by atoms with van der Waals surface area (Å²) in [7, 11) is -3.36. The van der Waals surface area contributed by atoms with Crippen LogP contribution in [0.1, 0.15) is 27.7 Å². The molecule has 4 rings (SSSR count). The molecular formula is C18H18N4O3S2. The molecule has 9 heteroatoms. The van der Waals surface area contributed by atoms with Crippen molar-refractivity contribution in [3.05, 3.63) is 59.4 Å². The van der Waals surface area contributed by atoms with E-state index in [0.717, 1.165) is 30.9 Å². The van der Waals surface area contributed by atoms with Crippen LogP contribution in [0.15, 0.2) is 53.8 Å². The summed E-state index contributed by atoms with van der Waals surface area (Å²) >= 11 is 1.33. The third-order valence-electron chi connectivity index (χ3n) is 4.57. The molecule has 3 aromatic rings. The SMILES string of the molecule is CS(=O)(=O)c1cccc(C(=O)c2cnc(N3CCC(n4cccn4)C3)s2)c1. The van der Waals surface area contributed by atoms with Crippen molar-refractivity contribution in [2.24, 2.45) is 0 Å². The maximum absolute atomic E-state index is 12.7. The number of ketones is 1. The molecule has 0 saturated carbocycles. The fourth-order valence-corrected chi connectivity index (χ4v) is 4.73. The zero-order valence-electron chi connectivity index (χ0n) is 14.6. The third kappa shape index (κ3) is 3.65. The van der Waals surface area contributed by atoms with Gasteiger partial charge >= 0.3 is 0 Å². The molecule has 140 valence electrons. The molecule has 2 aromatic heterocycles. The normalized spacial score (nSPS) is 17.4. The number of nitrogens with zero attached hydrogens (tertiary/aromatic N) is 4. The molecule has 0 bridgehead atoms. The number of hydrogen-bond acceptors (Lipinski definition) is 7. The molecule has 0 spiro atoms. The van der Waals surface area contributed by atoms with Gasteiger partial charge < -0.3 is 4.90 Å². The van der Waals surface area contributed by atoms with Crippen LogP contribution < -0.4 is 4.90 Å². The number of aromatic nitrogens is 3. The van der Waals surface area contributed by atoms with Gasteiger partial charge in [-0.3, -0.25) is 9.48 Å². The molecule has 1 aliphatic heterocycles. The lowest BCUT2D eigenvalue weighted by Gasteiger charge is -2.14. The van der Waals surface area contributed by atoms with E-state index in [1.165, 1.54) is 23.5 Å². The number of benzene rings is 1. The predicted octanol–water partition coefficient (Wildman–Crippen LogP) is 2.43. The Labute approximate surface area is 161 Å². The van der Waals surface area contributed by atoms with Crippen molar-refractivity contribution >= 4 is 32.1 Å². The maximum atomic E-state index is 12.7. The summed E-state index contributed by atoms with van der Waals surface area (Å²) in [5.41, 5.74) is 0.351. The van der Waals surface area contributed by atoms with E-state index in [2.05, 4.69) is 15.0 Å². The molecule has 0 radical (unpaired) electrons. The van der Waals surface area contributed by atoms with Crippen molar-refractivity contribution in [3.8, 4) is 0 Å². The van der Waals surface area contributed by atoms with E-state index < -0.39 is 9.84 Å². The molecule has 0 aliphatic carbocycles. The number of thiazole rings is 1. The maximum Gasteiger partial charge on any atom is 0.204 e. The van der Waals surface area contributed by atoms with E-state index in [-0.39, 0.29) is 10.7 Å². The van der Waals surface area contributed by atoms with Gasteiger partial charge in [0.1, 0.15) is 0 Å². The molecule has 0 N–H and O–H groups in total. The van der Waals surface area contributed by atoms with Gasteiger partial charge in [-0.05, 0) is 24.6 Å². The van der Waals surface area contributed by atoms with Gasteiger partial charge in [0.05, 0.1) is 22.0 Å². The number of sulfone groups is 1. The Bertz CT molecular complexity index is 1070. The molecule has 1 atom stereocenters. The van der Waals surface area contributed by atoms with Crippen molar-refractivity contribution in [1.82, 2.24) is 14.8 Å². The van der Waals surface area contributed by atoms with Crippen molar-refractivity contribution in [1.29, 1.82) is 0 Å². The third-order valence-corrected chi connectivity index (χ3v) is 6.74. The van der Waals surface area contributed by atoms with Crippen molar-refractivity contribution < 1.29 is 13.2 Å². The van der Waals surface area contributed by atoms with Crippen molar-refractivity contribution in [2.75, 3.05) is 24.2 Å². The highest BCUT2D eigenvalue weighted by molar-refractivity contribution is 7.90. The lowest BCUT2D eigenvalue weighted by Crippen LogP contribution is -2.20. The smallest absolute Gasteiger partial charge is 0.204 e. The van der Waals surface area contributed by atoms with Crippen LogP contribution in [0.3, 0.4) is 0 Å². The van der Waals surface area contributed by atoms with E-state index in [1.807, 2.05) is 16.9 Å². The van der Waals surface area contributed by atoms with Gasteiger partial charge in [-0.1, -0.05) is 23.5 Å². The van der Waals surface area contributed by atoms with Gasteiger partial charge in [0, 0.05) is 37.3 Å². The van der Waals surface area contributed by atoms with E-state index in [4.69, 9.17) is 0 Å². The molecule has 1 unspecified atom stereocenters. The number of carbonyl (C=O) groups excluding carboxylic acids is 1.